The van der Waals surface area contributed by atoms with Crippen LogP contribution in [0.4, 0.5) is 0 Å². The highest BCUT2D eigenvalue weighted by Gasteiger charge is 2.20. The van der Waals surface area contributed by atoms with E-state index in [4.69, 9.17) is 4.99 Å². The van der Waals surface area contributed by atoms with E-state index in [2.05, 4.69) is 81.8 Å². The van der Waals surface area contributed by atoms with E-state index in [1.807, 2.05) is 0 Å². The van der Waals surface area contributed by atoms with Crippen molar-refractivity contribution >= 4 is 17.7 Å². The number of hydrogen-bond acceptors (Lipinski definition) is 3. The van der Waals surface area contributed by atoms with E-state index in [0.717, 1.165) is 19.0 Å². The molecule has 5 heteroatoms. The Labute approximate surface area is 146 Å². The molecule has 23 heavy (non-hydrogen) atoms. The summed E-state index contributed by atoms with van der Waals surface area (Å²) in [6, 6.07) is 6.56. The number of nitrogens with zero attached hydrogens (tertiary/aromatic N) is 2. The molecule has 0 unspecified atom stereocenters. The van der Waals surface area contributed by atoms with Crippen LogP contribution in [0.15, 0.2) is 28.1 Å². The van der Waals surface area contributed by atoms with E-state index in [-0.39, 0.29) is 5.54 Å². The summed E-state index contributed by atoms with van der Waals surface area (Å²) in [5.41, 5.74) is 2.64. The molecule has 4 nitrogen and oxygen atoms in total. The molecule has 0 saturated heterocycles. The van der Waals surface area contributed by atoms with Crippen molar-refractivity contribution in [3.05, 3.63) is 29.3 Å². The normalized spacial score (nSPS) is 12.6. The Bertz CT molecular complexity index is 524. The van der Waals surface area contributed by atoms with Crippen LogP contribution in [0.1, 0.15) is 31.9 Å². The molecule has 0 aromatic heterocycles. The van der Waals surface area contributed by atoms with E-state index in [1.54, 1.807) is 11.8 Å². The van der Waals surface area contributed by atoms with Crippen LogP contribution in [0.3, 0.4) is 0 Å². The predicted molar refractivity (Wildman–Crippen MR) is 104 cm³/mol. The zero-order valence-electron chi connectivity index (χ0n) is 15.7. The fourth-order valence-corrected chi connectivity index (χ4v) is 2.65. The minimum atomic E-state index is 0.0739. The van der Waals surface area contributed by atoms with Gasteiger partial charge in [-0.1, -0.05) is 12.1 Å². The van der Waals surface area contributed by atoms with Crippen molar-refractivity contribution in [3.63, 3.8) is 0 Å². The third-order valence-corrected chi connectivity index (χ3v) is 4.91. The van der Waals surface area contributed by atoms with Crippen LogP contribution in [0, 0.1) is 6.92 Å². The lowest BCUT2D eigenvalue weighted by Gasteiger charge is -2.33. The molecule has 0 amide bonds. The topological polar surface area (TPSA) is 39.7 Å². The van der Waals surface area contributed by atoms with Crippen molar-refractivity contribution in [2.45, 2.75) is 44.7 Å². The molecular weight excluding hydrogens is 304 g/mol. The summed E-state index contributed by atoms with van der Waals surface area (Å²) in [6.07, 6.45) is 2.12. The maximum Gasteiger partial charge on any atom is 0.191 e. The van der Waals surface area contributed by atoms with Crippen molar-refractivity contribution in [1.82, 2.24) is 15.5 Å². The second-order valence-corrected chi connectivity index (χ2v) is 7.42. The van der Waals surface area contributed by atoms with E-state index in [9.17, 15) is 0 Å². The van der Waals surface area contributed by atoms with E-state index in [1.165, 1.54) is 16.0 Å². The first kappa shape index (κ1) is 19.8. The zero-order chi connectivity index (χ0) is 17.5. The van der Waals surface area contributed by atoms with Gasteiger partial charge in [0, 0.05) is 23.5 Å². The van der Waals surface area contributed by atoms with Crippen LogP contribution >= 0.6 is 11.8 Å². The second kappa shape index (κ2) is 9.18. The Morgan fingerprint density at radius 1 is 1.26 bits per heavy atom. The van der Waals surface area contributed by atoms with Crippen LogP contribution in [0.5, 0.6) is 0 Å². The van der Waals surface area contributed by atoms with Crippen LogP contribution < -0.4 is 10.6 Å². The molecule has 1 aromatic carbocycles. The number of aliphatic imine (C=N–C) groups is 1. The minimum absolute atomic E-state index is 0.0739. The molecule has 0 spiro atoms. The van der Waals surface area contributed by atoms with Gasteiger partial charge in [-0.05, 0) is 65.2 Å². The van der Waals surface area contributed by atoms with Gasteiger partial charge in [-0.3, -0.25) is 0 Å². The first-order valence-corrected chi connectivity index (χ1v) is 9.35. The Kier molecular flexibility index (Phi) is 7.92. The van der Waals surface area contributed by atoms with E-state index >= 15 is 0 Å². The van der Waals surface area contributed by atoms with Gasteiger partial charge in [0.15, 0.2) is 5.96 Å². The molecular formula is C18H32N4S. The van der Waals surface area contributed by atoms with Gasteiger partial charge < -0.3 is 15.5 Å². The van der Waals surface area contributed by atoms with Gasteiger partial charge in [0.1, 0.15) is 0 Å². The average Bonchev–Trinajstić information content (AvgIpc) is 2.50. The fraction of sp³-hybridized carbons (Fsp3) is 0.611. The van der Waals surface area contributed by atoms with Gasteiger partial charge >= 0.3 is 0 Å². The number of rotatable bonds is 7. The predicted octanol–water partition coefficient (Wildman–Crippen LogP) is 3.11. The van der Waals surface area contributed by atoms with Gasteiger partial charge in [0.05, 0.1) is 6.54 Å². The third kappa shape index (κ3) is 6.43. The van der Waals surface area contributed by atoms with Crippen LogP contribution in [0.25, 0.3) is 0 Å². The number of benzene rings is 1. The van der Waals surface area contributed by atoms with Crippen molar-refractivity contribution in [2.24, 2.45) is 4.99 Å². The number of likely N-dealkylation sites (N-methyl/N-ethyl adjacent to an activating group) is 1. The van der Waals surface area contributed by atoms with Gasteiger partial charge in [0.2, 0.25) is 0 Å². The lowest BCUT2D eigenvalue weighted by molar-refractivity contribution is 0.197. The zero-order valence-corrected chi connectivity index (χ0v) is 16.5. The molecule has 2 N–H and O–H groups in total. The standard InChI is InChI=1S/C18H32N4S/c1-8-19-17(21-13-18(3,4)22(5)6)20-12-15-10-9-14(2)11-16(15)23-7/h9-11H,8,12-13H2,1-7H3,(H2,19,20,21). The summed E-state index contributed by atoms with van der Waals surface area (Å²) in [5, 5.41) is 6.78. The van der Waals surface area contributed by atoms with Crippen molar-refractivity contribution in [1.29, 1.82) is 0 Å². The SMILES string of the molecule is CCNC(=NCc1ccc(C)cc1SC)NCC(C)(C)N(C)C. The molecule has 1 rings (SSSR count). The van der Waals surface area contributed by atoms with Gasteiger partial charge in [-0.25, -0.2) is 4.99 Å². The number of thioether (sulfide) groups is 1. The highest BCUT2D eigenvalue weighted by molar-refractivity contribution is 7.98. The Morgan fingerprint density at radius 3 is 2.52 bits per heavy atom. The minimum Gasteiger partial charge on any atom is -0.357 e. The van der Waals surface area contributed by atoms with E-state index in [0.29, 0.717) is 6.54 Å². The van der Waals surface area contributed by atoms with Gasteiger partial charge in [0.25, 0.3) is 0 Å². The summed E-state index contributed by atoms with van der Waals surface area (Å²) in [4.78, 5) is 8.27. The van der Waals surface area contributed by atoms with Gasteiger partial charge in [-0.2, -0.15) is 0 Å². The molecule has 1 aromatic rings. The summed E-state index contributed by atoms with van der Waals surface area (Å²) >= 11 is 1.78. The van der Waals surface area contributed by atoms with Crippen molar-refractivity contribution < 1.29 is 0 Å². The lowest BCUT2D eigenvalue weighted by atomic mass is 10.0. The quantitative estimate of drug-likeness (QED) is 0.456. The number of nitrogens with one attached hydrogen (secondary N) is 2. The summed E-state index contributed by atoms with van der Waals surface area (Å²) in [7, 11) is 4.20. The Hall–Kier alpha value is -1.20. The lowest BCUT2D eigenvalue weighted by Crippen LogP contribution is -2.50. The summed E-state index contributed by atoms with van der Waals surface area (Å²) in [5.74, 6) is 0.870. The molecule has 0 saturated carbocycles. The summed E-state index contributed by atoms with van der Waals surface area (Å²) in [6.45, 7) is 11.0. The molecule has 0 aliphatic heterocycles. The largest absolute Gasteiger partial charge is 0.357 e. The molecule has 130 valence electrons. The second-order valence-electron chi connectivity index (χ2n) is 6.57. The number of aryl methyl sites for hydroxylation is 1. The van der Waals surface area contributed by atoms with Crippen molar-refractivity contribution in [3.8, 4) is 0 Å². The first-order valence-electron chi connectivity index (χ1n) is 8.13. The molecule has 0 atom stereocenters. The van der Waals surface area contributed by atoms with E-state index < -0.39 is 0 Å². The summed E-state index contributed by atoms with van der Waals surface area (Å²) < 4.78 is 0. The molecule has 0 radical (unpaired) electrons. The number of guanidine groups is 1. The molecule has 0 aliphatic rings. The smallest absolute Gasteiger partial charge is 0.191 e. The molecule has 0 heterocycles. The molecule has 0 bridgehead atoms. The first-order chi connectivity index (χ1) is 10.8. The Morgan fingerprint density at radius 2 is 1.96 bits per heavy atom. The fourth-order valence-electron chi connectivity index (χ4n) is 1.95. The van der Waals surface area contributed by atoms with Crippen LogP contribution in [-0.4, -0.2) is 49.8 Å². The average molecular weight is 337 g/mol. The van der Waals surface area contributed by atoms with Crippen molar-refractivity contribution in [2.75, 3.05) is 33.4 Å². The number of hydrogen-bond donors (Lipinski definition) is 2. The highest BCUT2D eigenvalue weighted by atomic mass is 32.2. The van der Waals surface area contributed by atoms with Crippen LogP contribution in [0.2, 0.25) is 0 Å². The van der Waals surface area contributed by atoms with Crippen LogP contribution in [-0.2, 0) is 6.54 Å². The Balaban J connectivity index is 2.79. The molecule has 0 fully saturated rings. The molecule has 0 aliphatic carbocycles. The highest BCUT2D eigenvalue weighted by Crippen LogP contribution is 2.22. The third-order valence-electron chi connectivity index (χ3n) is 4.09. The van der Waals surface area contributed by atoms with Gasteiger partial charge in [-0.15, -0.1) is 11.8 Å². The maximum absolute atomic E-state index is 4.75. The maximum atomic E-state index is 4.75. The monoisotopic (exact) mass is 336 g/mol.